The molecule has 0 spiro atoms. The van der Waals surface area contributed by atoms with Crippen molar-refractivity contribution in [2.45, 2.75) is 0 Å². The molecule has 7 aromatic rings. The van der Waals surface area contributed by atoms with Crippen molar-refractivity contribution in [3.05, 3.63) is 180 Å². The van der Waals surface area contributed by atoms with Gasteiger partial charge in [-0.1, -0.05) is 121 Å². The first-order chi connectivity index (χ1) is 23.8. The molecule has 0 saturated carbocycles. The minimum atomic E-state index is 0. The van der Waals surface area contributed by atoms with E-state index in [0.29, 0.717) is 0 Å². The van der Waals surface area contributed by atoms with Gasteiger partial charge in [0.1, 0.15) is 0 Å². The molecule has 0 aliphatic carbocycles. The molecule has 49 heavy (non-hydrogen) atoms. The van der Waals surface area contributed by atoms with Crippen LogP contribution in [-0.2, 0) is 17.1 Å². The first-order valence-electron chi connectivity index (χ1n) is 16.2. The number of fused-ring (bicyclic) bond motifs is 8. The average Bonchev–Trinajstić information content (AvgIpc) is 3.94. The van der Waals surface area contributed by atoms with Crippen LogP contribution in [0.5, 0.6) is 0 Å². The molecule has 0 amide bonds. The van der Waals surface area contributed by atoms with Gasteiger partial charge < -0.3 is 9.97 Å². The van der Waals surface area contributed by atoms with Crippen LogP contribution in [-0.4, -0.2) is 19.9 Å². The molecule has 2 N–H and O–H groups in total. The quantitative estimate of drug-likeness (QED) is 0.183. The number of hydrogen-bond donors (Lipinski definition) is 2. The molecule has 9 rings (SSSR count). The molecule has 0 unspecified atom stereocenters. The zero-order valence-corrected chi connectivity index (χ0v) is 27.6. The fraction of sp³-hybridized carbons (Fsp3) is 0. The van der Waals surface area contributed by atoms with E-state index in [2.05, 4.69) is 180 Å². The molecule has 4 nitrogen and oxygen atoms in total. The first kappa shape index (κ1) is 30.3. The zero-order chi connectivity index (χ0) is 31.9. The summed E-state index contributed by atoms with van der Waals surface area (Å²) in [5.74, 6) is 0. The molecule has 5 heterocycles. The molecule has 2 aliphatic heterocycles. The Morgan fingerprint density at radius 3 is 1.49 bits per heavy atom. The molecule has 8 bridgehead atoms. The van der Waals surface area contributed by atoms with Crippen molar-refractivity contribution in [1.29, 1.82) is 0 Å². The van der Waals surface area contributed by atoms with Crippen molar-refractivity contribution in [3.8, 4) is 33.4 Å². The summed E-state index contributed by atoms with van der Waals surface area (Å²) in [6.07, 6.45) is 6.35. The van der Waals surface area contributed by atoms with Gasteiger partial charge in [-0.05, 0) is 70.8 Å². The maximum absolute atomic E-state index is 5.42. The van der Waals surface area contributed by atoms with Crippen LogP contribution in [0.2, 0.25) is 0 Å². The SMILES string of the molecule is C1=Cc2cc3[nH]c(c(-c4ccccc4)c4nc(cc5ccc(cc1n2)[nH]5)C=C4c1ccccc1)c(-c1ccccc1)c3-c1ccccc1.[Mn+2]. The van der Waals surface area contributed by atoms with E-state index < -0.39 is 0 Å². The maximum atomic E-state index is 5.42. The number of rotatable bonds is 4. The monoisotopic (exact) mass is 669 g/mol. The summed E-state index contributed by atoms with van der Waals surface area (Å²) in [6, 6.07) is 53.0. The molecule has 0 fully saturated rings. The molecular weight excluding hydrogens is 639 g/mol. The summed E-state index contributed by atoms with van der Waals surface area (Å²) in [7, 11) is 0. The predicted octanol–water partition coefficient (Wildman–Crippen LogP) is 11.1. The third-order valence-corrected chi connectivity index (χ3v) is 8.89. The third kappa shape index (κ3) is 5.76. The number of nitrogens with zero attached hydrogens (tertiary/aromatic N) is 2. The number of nitrogens with one attached hydrogen (secondary N) is 2. The van der Waals surface area contributed by atoms with E-state index in [1.54, 1.807) is 0 Å². The molecule has 5 heteroatoms. The van der Waals surface area contributed by atoms with Gasteiger partial charge in [-0.2, -0.15) is 0 Å². The van der Waals surface area contributed by atoms with Crippen LogP contribution in [0.4, 0.5) is 0 Å². The second-order valence-electron chi connectivity index (χ2n) is 12.0. The van der Waals surface area contributed by atoms with Crippen LogP contribution in [0.1, 0.15) is 28.3 Å². The molecule has 3 aromatic heterocycles. The topological polar surface area (TPSA) is 57.4 Å². The molecule has 1 radical (unpaired) electrons. The van der Waals surface area contributed by atoms with Crippen LogP contribution in [0.3, 0.4) is 0 Å². The molecule has 0 saturated heterocycles. The van der Waals surface area contributed by atoms with E-state index in [9.17, 15) is 0 Å². The smallest absolute Gasteiger partial charge is 0.355 e. The average molecular weight is 670 g/mol. The van der Waals surface area contributed by atoms with Gasteiger partial charge in [0, 0.05) is 38.8 Å². The van der Waals surface area contributed by atoms with Crippen LogP contribution in [0, 0.1) is 0 Å². The second-order valence-corrected chi connectivity index (χ2v) is 12.0. The summed E-state index contributed by atoms with van der Waals surface area (Å²) in [6.45, 7) is 0. The van der Waals surface area contributed by atoms with Gasteiger partial charge in [0.2, 0.25) is 0 Å². The predicted molar refractivity (Wildman–Crippen MR) is 200 cm³/mol. The molecule has 2 aliphatic rings. The minimum absolute atomic E-state index is 0. The van der Waals surface area contributed by atoms with E-state index in [4.69, 9.17) is 9.97 Å². The van der Waals surface area contributed by atoms with E-state index in [0.717, 1.165) is 89.4 Å². The Balaban J connectivity index is 0.00000348. The Labute approximate surface area is 295 Å². The summed E-state index contributed by atoms with van der Waals surface area (Å²) in [4.78, 5) is 17.9. The molecule has 0 atom stereocenters. The van der Waals surface area contributed by atoms with Gasteiger partial charge in [0.05, 0.1) is 28.3 Å². The first-order valence-corrected chi connectivity index (χ1v) is 16.2. The molecule has 4 aromatic carbocycles. The van der Waals surface area contributed by atoms with Gasteiger partial charge in [-0.25, -0.2) is 9.97 Å². The summed E-state index contributed by atoms with van der Waals surface area (Å²) >= 11 is 0. The van der Waals surface area contributed by atoms with E-state index in [1.165, 1.54) is 0 Å². The van der Waals surface area contributed by atoms with Crippen molar-refractivity contribution < 1.29 is 17.1 Å². The fourth-order valence-electron chi connectivity index (χ4n) is 6.78. The van der Waals surface area contributed by atoms with Crippen LogP contribution in [0.25, 0.3) is 79.2 Å². The maximum Gasteiger partial charge on any atom is 2.00 e. The number of hydrogen-bond acceptors (Lipinski definition) is 2. The van der Waals surface area contributed by atoms with Crippen molar-refractivity contribution in [1.82, 2.24) is 19.9 Å². The van der Waals surface area contributed by atoms with Gasteiger partial charge >= 0.3 is 17.1 Å². The van der Waals surface area contributed by atoms with Gasteiger partial charge in [-0.3, -0.25) is 0 Å². The number of benzene rings is 4. The second kappa shape index (κ2) is 12.9. The summed E-state index contributed by atoms with van der Waals surface area (Å²) < 4.78 is 0. The Bertz CT molecular complexity index is 2530. The normalized spacial score (nSPS) is 12.0. The Morgan fingerprint density at radius 1 is 0.408 bits per heavy atom. The fourth-order valence-corrected chi connectivity index (χ4v) is 6.78. The van der Waals surface area contributed by atoms with Crippen LogP contribution in [0.15, 0.2) is 152 Å². The molecule has 231 valence electrons. The zero-order valence-electron chi connectivity index (χ0n) is 26.4. The largest absolute Gasteiger partial charge is 2.00 e. The third-order valence-electron chi connectivity index (χ3n) is 8.89. The van der Waals surface area contributed by atoms with Gasteiger partial charge in [-0.15, -0.1) is 0 Å². The van der Waals surface area contributed by atoms with Crippen molar-refractivity contribution in [2.75, 3.05) is 0 Å². The van der Waals surface area contributed by atoms with E-state index >= 15 is 0 Å². The van der Waals surface area contributed by atoms with Crippen LogP contribution >= 0.6 is 0 Å². The Morgan fingerprint density at radius 2 is 0.898 bits per heavy atom. The summed E-state index contributed by atoms with van der Waals surface area (Å²) in [5.41, 5.74) is 16.3. The number of H-pyrrole nitrogens is 2. The number of aromatic amines is 2. The Kier molecular flexibility index (Phi) is 7.98. The number of aromatic nitrogens is 4. The standard InChI is InChI=1S/C44H30N4.Mn/c1-5-13-29(14-6-1)38-27-37-26-35-22-21-33(45-35)25-34-23-24-36(46-34)28-39-40(30-15-7-2-8-16-30)41(31-17-9-3-10-18-31)44(48-39)42(43(38)47-37)32-19-11-4-12-20-32;/h1-28,45,48H;/q;+2. The Hall–Kier alpha value is -6.00. The van der Waals surface area contributed by atoms with Crippen molar-refractivity contribution in [2.24, 2.45) is 0 Å². The summed E-state index contributed by atoms with van der Waals surface area (Å²) in [5, 5.41) is 0. The van der Waals surface area contributed by atoms with E-state index in [1.807, 2.05) is 0 Å². The molecular formula is C44H30MnN4+2. The van der Waals surface area contributed by atoms with Crippen molar-refractivity contribution in [3.63, 3.8) is 0 Å². The minimum Gasteiger partial charge on any atom is -0.355 e. The van der Waals surface area contributed by atoms with Gasteiger partial charge in [0.25, 0.3) is 0 Å². The van der Waals surface area contributed by atoms with E-state index in [-0.39, 0.29) is 17.1 Å². The van der Waals surface area contributed by atoms with Crippen molar-refractivity contribution >= 4 is 45.9 Å². The van der Waals surface area contributed by atoms with Crippen LogP contribution < -0.4 is 0 Å². The van der Waals surface area contributed by atoms with Gasteiger partial charge in [0.15, 0.2) is 0 Å².